The quantitative estimate of drug-likeness (QED) is 0.797. The number of piperidine rings is 1. The lowest BCUT2D eigenvalue weighted by Gasteiger charge is -2.36. The molecule has 9 heteroatoms. The monoisotopic (exact) mass is 428 g/mol. The molecule has 2 aromatic rings. The predicted molar refractivity (Wildman–Crippen MR) is 113 cm³/mol. The van der Waals surface area contributed by atoms with E-state index in [0.29, 0.717) is 41.3 Å². The van der Waals surface area contributed by atoms with E-state index < -0.39 is 10.0 Å². The molecule has 0 spiro atoms. The number of carbonyl (C=O) groups is 1. The lowest BCUT2D eigenvalue weighted by Crippen LogP contribution is -2.47. The molecule has 1 aromatic carbocycles. The number of likely N-dealkylation sites (tertiary alicyclic amines) is 1. The summed E-state index contributed by atoms with van der Waals surface area (Å²) < 4.78 is 33.4. The van der Waals surface area contributed by atoms with Gasteiger partial charge in [0.1, 0.15) is 18.2 Å². The molecule has 1 amide bonds. The van der Waals surface area contributed by atoms with Crippen LogP contribution in [0.15, 0.2) is 40.9 Å². The number of aromatic nitrogens is 1. The van der Waals surface area contributed by atoms with E-state index in [9.17, 15) is 13.2 Å². The minimum atomic E-state index is -3.60. The van der Waals surface area contributed by atoms with Crippen LogP contribution in [-0.4, -0.2) is 49.2 Å². The Morgan fingerprint density at radius 2 is 2.10 bits per heavy atom. The molecule has 0 radical (unpaired) electrons. The summed E-state index contributed by atoms with van der Waals surface area (Å²) in [6.07, 6.45) is 4.46. The Labute approximate surface area is 175 Å². The smallest absolute Gasteiger partial charge is 0.259 e. The molecule has 0 saturated carbocycles. The van der Waals surface area contributed by atoms with Gasteiger partial charge in [-0.15, -0.1) is 4.40 Å². The van der Waals surface area contributed by atoms with Crippen LogP contribution in [0.5, 0.6) is 5.75 Å². The van der Waals surface area contributed by atoms with Crippen LogP contribution in [0.3, 0.4) is 0 Å². The second-order valence-electron chi connectivity index (χ2n) is 7.59. The van der Waals surface area contributed by atoms with Gasteiger partial charge in [-0.3, -0.25) is 9.78 Å². The van der Waals surface area contributed by atoms with E-state index in [-0.39, 0.29) is 23.5 Å². The summed E-state index contributed by atoms with van der Waals surface area (Å²) in [5, 5.41) is 0. The van der Waals surface area contributed by atoms with Crippen molar-refractivity contribution in [2.75, 3.05) is 13.2 Å². The highest BCUT2D eigenvalue weighted by atomic mass is 32.2. The van der Waals surface area contributed by atoms with Crippen LogP contribution in [0.2, 0.25) is 0 Å². The Balaban J connectivity index is 1.55. The highest BCUT2D eigenvalue weighted by Gasteiger charge is 2.30. The summed E-state index contributed by atoms with van der Waals surface area (Å²) >= 11 is 0. The van der Waals surface area contributed by atoms with Crippen LogP contribution < -0.4 is 10.5 Å². The van der Waals surface area contributed by atoms with Crippen molar-refractivity contribution in [1.82, 2.24) is 9.88 Å². The van der Waals surface area contributed by atoms with Gasteiger partial charge in [-0.2, -0.15) is 0 Å². The van der Waals surface area contributed by atoms with Gasteiger partial charge in [0.15, 0.2) is 0 Å². The molecule has 2 aliphatic heterocycles. The molecule has 0 unspecified atom stereocenters. The van der Waals surface area contributed by atoms with Crippen LogP contribution in [0, 0.1) is 6.92 Å². The van der Waals surface area contributed by atoms with E-state index in [1.807, 2.05) is 11.8 Å². The third-order valence-electron chi connectivity index (χ3n) is 5.50. The number of rotatable bonds is 4. The second kappa shape index (κ2) is 8.06. The number of ether oxygens (including phenoxy) is 1. The first-order chi connectivity index (χ1) is 14.4. The van der Waals surface area contributed by atoms with Crippen molar-refractivity contribution in [2.45, 2.75) is 38.0 Å². The highest BCUT2D eigenvalue weighted by Crippen LogP contribution is 2.29. The van der Waals surface area contributed by atoms with Crippen LogP contribution in [0.4, 0.5) is 0 Å². The van der Waals surface area contributed by atoms with Gasteiger partial charge < -0.3 is 15.4 Å². The average molecular weight is 429 g/mol. The minimum absolute atomic E-state index is 0.0452. The Kier molecular flexibility index (Phi) is 5.46. The zero-order chi connectivity index (χ0) is 21.3. The number of carbonyl (C=O) groups excluding carboxylic acids is 1. The third-order valence-corrected chi connectivity index (χ3v) is 6.65. The molecule has 158 valence electrons. The van der Waals surface area contributed by atoms with Crippen molar-refractivity contribution < 1.29 is 17.9 Å². The normalized spacial score (nSPS) is 20.2. The number of amides is 1. The van der Waals surface area contributed by atoms with Crippen LogP contribution in [0.25, 0.3) is 0 Å². The van der Waals surface area contributed by atoms with Gasteiger partial charge in [-0.1, -0.05) is 12.1 Å². The fraction of sp³-hybridized carbons (Fsp3) is 0.381. The average Bonchev–Trinajstić information content (AvgIpc) is 2.71. The number of sulfonamides is 1. The molecule has 30 heavy (non-hydrogen) atoms. The van der Waals surface area contributed by atoms with Crippen molar-refractivity contribution in [2.24, 2.45) is 10.1 Å². The molecule has 1 aromatic heterocycles. The summed E-state index contributed by atoms with van der Waals surface area (Å²) in [5.74, 6) is 0.180. The molecule has 2 N–H and O–H groups in total. The van der Waals surface area contributed by atoms with Gasteiger partial charge in [0.2, 0.25) is 0 Å². The molecule has 0 bridgehead atoms. The Hall–Kier alpha value is -2.94. The number of nitrogens with two attached hydrogens (primary N) is 1. The third kappa shape index (κ3) is 4.02. The zero-order valence-electron chi connectivity index (χ0n) is 16.7. The zero-order valence-corrected chi connectivity index (χ0v) is 17.6. The SMILES string of the molecule is Cc1ncccc1C(=O)N1CCCC[C@@H]1COc1cccc2c1C(N)=NS(=O)(=O)C2. The van der Waals surface area contributed by atoms with Crippen molar-refractivity contribution >= 4 is 21.8 Å². The standard InChI is InChI=1S/C21H24N4O4S/c1-14-17(8-5-10-23-14)21(26)25-11-3-2-7-16(25)12-29-18-9-4-6-15-13-30(27,28)24-20(22)19(15)18/h4-6,8-10,16H,2-3,7,11-13H2,1H3,(H2,22,24)/t16-/m1/s1. The molecule has 2 aliphatic rings. The van der Waals surface area contributed by atoms with Crippen molar-refractivity contribution in [3.63, 3.8) is 0 Å². The minimum Gasteiger partial charge on any atom is -0.491 e. The molecule has 3 heterocycles. The van der Waals surface area contributed by atoms with Gasteiger partial charge in [0, 0.05) is 18.4 Å². The summed E-state index contributed by atoms with van der Waals surface area (Å²) in [6.45, 7) is 2.78. The van der Waals surface area contributed by atoms with Crippen LogP contribution in [-0.2, 0) is 15.8 Å². The van der Waals surface area contributed by atoms with Crippen LogP contribution >= 0.6 is 0 Å². The van der Waals surface area contributed by atoms with Gasteiger partial charge in [0.25, 0.3) is 15.9 Å². The van der Waals surface area contributed by atoms with Gasteiger partial charge in [-0.25, -0.2) is 8.42 Å². The molecule has 1 saturated heterocycles. The largest absolute Gasteiger partial charge is 0.491 e. The number of aryl methyl sites for hydroxylation is 1. The highest BCUT2D eigenvalue weighted by molar-refractivity contribution is 7.89. The Morgan fingerprint density at radius 3 is 2.90 bits per heavy atom. The number of fused-ring (bicyclic) bond motifs is 1. The first-order valence-electron chi connectivity index (χ1n) is 9.91. The fourth-order valence-corrected chi connectivity index (χ4v) is 5.11. The predicted octanol–water partition coefficient (Wildman–Crippen LogP) is 2.01. The molecule has 1 atom stereocenters. The Bertz CT molecular complexity index is 1110. The van der Waals surface area contributed by atoms with E-state index in [0.717, 1.165) is 19.3 Å². The molecular formula is C21H24N4O4S. The number of amidine groups is 1. The topological polar surface area (TPSA) is 115 Å². The first-order valence-corrected chi connectivity index (χ1v) is 11.5. The summed E-state index contributed by atoms with van der Waals surface area (Å²) in [4.78, 5) is 19.2. The number of nitrogens with zero attached hydrogens (tertiary/aromatic N) is 3. The Morgan fingerprint density at radius 1 is 1.27 bits per heavy atom. The van der Waals surface area contributed by atoms with Crippen molar-refractivity contribution in [3.8, 4) is 5.75 Å². The maximum Gasteiger partial charge on any atom is 0.259 e. The van der Waals surface area contributed by atoms with E-state index >= 15 is 0 Å². The van der Waals surface area contributed by atoms with E-state index in [1.165, 1.54) is 0 Å². The van der Waals surface area contributed by atoms with Crippen molar-refractivity contribution in [3.05, 3.63) is 58.9 Å². The van der Waals surface area contributed by atoms with E-state index in [4.69, 9.17) is 10.5 Å². The number of hydrogen-bond acceptors (Lipinski definition) is 6. The lowest BCUT2D eigenvalue weighted by atomic mass is 10.0. The summed E-state index contributed by atoms with van der Waals surface area (Å²) in [5.41, 5.74) is 8.31. The second-order valence-corrected chi connectivity index (χ2v) is 9.22. The number of benzene rings is 1. The first kappa shape index (κ1) is 20.3. The molecular weight excluding hydrogens is 404 g/mol. The lowest BCUT2D eigenvalue weighted by molar-refractivity contribution is 0.0527. The van der Waals surface area contributed by atoms with Gasteiger partial charge >= 0.3 is 0 Å². The maximum absolute atomic E-state index is 13.1. The summed E-state index contributed by atoms with van der Waals surface area (Å²) in [6, 6.07) is 8.67. The van der Waals surface area contributed by atoms with Gasteiger partial charge in [0.05, 0.1) is 22.9 Å². The summed E-state index contributed by atoms with van der Waals surface area (Å²) in [7, 11) is -3.60. The van der Waals surface area contributed by atoms with Crippen molar-refractivity contribution in [1.29, 1.82) is 0 Å². The molecule has 4 rings (SSSR count). The van der Waals surface area contributed by atoms with E-state index in [2.05, 4.69) is 9.38 Å². The van der Waals surface area contributed by atoms with Gasteiger partial charge in [-0.05, 0) is 49.9 Å². The van der Waals surface area contributed by atoms with Crippen LogP contribution in [0.1, 0.15) is 46.4 Å². The maximum atomic E-state index is 13.1. The number of pyridine rings is 1. The number of hydrogen-bond donors (Lipinski definition) is 1. The molecule has 0 aliphatic carbocycles. The molecule has 8 nitrogen and oxygen atoms in total. The van der Waals surface area contributed by atoms with E-state index in [1.54, 1.807) is 36.5 Å². The molecule has 1 fully saturated rings. The fourth-order valence-electron chi connectivity index (χ4n) is 4.02.